The number of para-hydroxylation sites is 2. The van der Waals surface area contributed by atoms with E-state index in [1.54, 1.807) is 7.11 Å². The molecule has 2 N–H and O–H groups in total. The summed E-state index contributed by atoms with van der Waals surface area (Å²) < 4.78 is 16.6. The molecule has 0 heterocycles. The van der Waals surface area contributed by atoms with Gasteiger partial charge in [-0.3, -0.25) is 0 Å². The van der Waals surface area contributed by atoms with Crippen molar-refractivity contribution in [1.29, 1.82) is 0 Å². The molecule has 0 atom stereocenters. The molecule has 0 unspecified atom stereocenters. The van der Waals surface area contributed by atoms with Crippen molar-refractivity contribution in [3.8, 4) is 17.2 Å². The maximum atomic E-state index is 5.69. The van der Waals surface area contributed by atoms with Crippen LogP contribution < -0.4 is 19.9 Å². The van der Waals surface area contributed by atoms with Crippen molar-refractivity contribution in [2.45, 2.75) is 13.0 Å². The van der Waals surface area contributed by atoms with Crippen molar-refractivity contribution < 1.29 is 14.2 Å². The van der Waals surface area contributed by atoms with Crippen LogP contribution >= 0.6 is 0 Å². The maximum Gasteiger partial charge on any atom is 0.161 e. The van der Waals surface area contributed by atoms with Gasteiger partial charge in [0.05, 0.1) is 20.3 Å². The Labute approximate surface area is 125 Å². The molecule has 0 aliphatic rings. The van der Waals surface area contributed by atoms with E-state index in [-0.39, 0.29) is 0 Å². The highest BCUT2D eigenvalue weighted by Gasteiger charge is 2.02. The molecule has 0 bridgehead atoms. The number of methoxy groups -OCH3 is 1. The highest BCUT2D eigenvalue weighted by molar-refractivity contribution is 5.39. The molecule has 0 aliphatic heterocycles. The molecule has 4 nitrogen and oxygen atoms in total. The van der Waals surface area contributed by atoms with Crippen LogP contribution in [0.15, 0.2) is 48.5 Å². The Bertz CT molecular complexity index is 557. The summed E-state index contributed by atoms with van der Waals surface area (Å²) in [5.74, 6) is 2.34. The van der Waals surface area contributed by atoms with Crippen molar-refractivity contribution in [1.82, 2.24) is 0 Å². The molecule has 2 rings (SSSR count). The van der Waals surface area contributed by atoms with Crippen molar-refractivity contribution in [3.05, 3.63) is 54.1 Å². The Balaban J connectivity index is 1.72. The SMILES string of the molecule is COc1ccccc1OCCCOc1cccc(CN)c1. The molecule has 0 amide bonds. The van der Waals surface area contributed by atoms with Crippen LogP contribution in [0.1, 0.15) is 12.0 Å². The summed E-state index contributed by atoms with van der Waals surface area (Å²) in [7, 11) is 1.63. The molecule has 0 saturated heterocycles. The Morgan fingerprint density at radius 2 is 1.67 bits per heavy atom. The van der Waals surface area contributed by atoms with Crippen LogP contribution in [0.4, 0.5) is 0 Å². The summed E-state index contributed by atoms with van der Waals surface area (Å²) in [6, 6.07) is 15.4. The maximum absolute atomic E-state index is 5.69. The molecule has 4 heteroatoms. The lowest BCUT2D eigenvalue weighted by atomic mass is 10.2. The summed E-state index contributed by atoms with van der Waals surface area (Å²) in [6.07, 6.45) is 0.797. The standard InChI is InChI=1S/C17H21NO3/c1-19-16-8-2-3-9-17(16)21-11-5-10-20-15-7-4-6-14(12-15)13-18/h2-4,6-9,12H,5,10-11,13,18H2,1H3. The quantitative estimate of drug-likeness (QED) is 0.758. The van der Waals surface area contributed by atoms with Crippen LogP contribution in [-0.4, -0.2) is 20.3 Å². The molecule has 0 fully saturated rings. The summed E-state index contributed by atoms with van der Waals surface area (Å²) >= 11 is 0. The van der Waals surface area contributed by atoms with E-state index < -0.39 is 0 Å². The molecular formula is C17H21NO3. The minimum Gasteiger partial charge on any atom is -0.493 e. The van der Waals surface area contributed by atoms with Gasteiger partial charge in [0.2, 0.25) is 0 Å². The second-order valence-corrected chi connectivity index (χ2v) is 4.55. The van der Waals surface area contributed by atoms with Gasteiger partial charge in [-0.2, -0.15) is 0 Å². The average molecular weight is 287 g/mol. The Kier molecular flexibility index (Phi) is 5.91. The van der Waals surface area contributed by atoms with Gasteiger partial charge in [0.1, 0.15) is 5.75 Å². The highest BCUT2D eigenvalue weighted by atomic mass is 16.5. The van der Waals surface area contributed by atoms with E-state index in [0.29, 0.717) is 19.8 Å². The van der Waals surface area contributed by atoms with Crippen LogP contribution in [0.25, 0.3) is 0 Å². The summed E-state index contributed by atoms with van der Waals surface area (Å²) in [6.45, 7) is 1.70. The number of benzene rings is 2. The van der Waals surface area contributed by atoms with Gasteiger partial charge in [0, 0.05) is 13.0 Å². The van der Waals surface area contributed by atoms with Crippen LogP contribution in [0.3, 0.4) is 0 Å². The topological polar surface area (TPSA) is 53.7 Å². The predicted octanol–water partition coefficient (Wildman–Crippen LogP) is 3.00. The first kappa shape index (κ1) is 15.2. The average Bonchev–Trinajstić information content (AvgIpc) is 2.55. The fourth-order valence-electron chi connectivity index (χ4n) is 1.93. The molecular weight excluding hydrogens is 266 g/mol. The van der Waals surface area contributed by atoms with E-state index in [1.807, 2.05) is 48.5 Å². The molecule has 2 aromatic carbocycles. The second-order valence-electron chi connectivity index (χ2n) is 4.55. The second kappa shape index (κ2) is 8.17. The van der Waals surface area contributed by atoms with E-state index in [2.05, 4.69) is 0 Å². The van der Waals surface area contributed by atoms with E-state index in [4.69, 9.17) is 19.9 Å². The number of hydrogen-bond acceptors (Lipinski definition) is 4. The normalized spacial score (nSPS) is 10.2. The minimum absolute atomic E-state index is 0.522. The highest BCUT2D eigenvalue weighted by Crippen LogP contribution is 2.25. The van der Waals surface area contributed by atoms with Crippen LogP contribution in [0.5, 0.6) is 17.2 Å². The lowest BCUT2D eigenvalue weighted by Gasteiger charge is -2.11. The van der Waals surface area contributed by atoms with Crippen LogP contribution in [-0.2, 0) is 6.54 Å². The minimum atomic E-state index is 0.522. The number of rotatable bonds is 8. The molecule has 0 radical (unpaired) electrons. The van der Waals surface area contributed by atoms with Gasteiger partial charge in [-0.1, -0.05) is 24.3 Å². The van der Waals surface area contributed by atoms with E-state index in [9.17, 15) is 0 Å². The van der Waals surface area contributed by atoms with E-state index in [0.717, 1.165) is 29.2 Å². The van der Waals surface area contributed by atoms with Crippen molar-refractivity contribution in [2.24, 2.45) is 5.73 Å². The molecule has 21 heavy (non-hydrogen) atoms. The largest absolute Gasteiger partial charge is 0.493 e. The number of ether oxygens (including phenoxy) is 3. The van der Waals surface area contributed by atoms with Gasteiger partial charge in [0.15, 0.2) is 11.5 Å². The smallest absolute Gasteiger partial charge is 0.161 e. The fourth-order valence-corrected chi connectivity index (χ4v) is 1.93. The third kappa shape index (κ3) is 4.68. The van der Waals surface area contributed by atoms with Gasteiger partial charge >= 0.3 is 0 Å². The van der Waals surface area contributed by atoms with Gasteiger partial charge in [0.25, 0.3) is 0 Å². The first-order chi connectivity index (χ1) is 10.3. The third-order valence-corrected chi connectivity index (χ3v) is 3.02. The van der Waals surface area contributed by atoms with E-state index in [1.165, 1.54) is 0 Å². The van der Waals surface area contributed by atoms with Crippen LogP contribution in [0, 0.1) is 0 Å². The first-order valence-electron chi connectivity index (χ1n) is 7.01. The van der Waals surface area contributed by atoms with Gasteiger partial charge in [-0.15, -0.1) is 0 Å². The Morgan fingerprint density at radius 1 is 0.905 bits per heavy atom. The zero-order chi connectivity index (χ0) is 14.9. The fraction of sp³-hybridized carbons (Fsp3) is 0.294. The molecule has 0 saturated carbocycles. The van der Waals surface area contributed by atoms with Crippen molar-refractivity contribution in [2.75, 3.05) is 20.3 Å². The third-order valence-electron chi connectivity index (χ3n) is 3.02. The van der Waals surface area contributed by atoms with Crippen LogP contribution in [0.2, 0.25) is 0 Å². The number of nitrogens with two attached hydrogens (primary N) is 1. The number of hydrogen-bond donors (Lipinski definition) is 1. The molecule has 0 aliphatic carbocycles. The zero-order valence-corrected chi connectivity index (χ0v) is 12.2. The first-order valence-corrected chi connectivity index (χ1v) is 7.01. The van der Waals surface area contributed by atoms with Gasteiger partial charge < -0.3 is 19.9 Å². The summed E-state index contributed by atoms with van der Waals surface area (Å²) in [5, 5.41) is 0. The van der Waals surface area contributed by atoms with E-state index >= 15 is 0 Å². The molecule has 0 spiro atoms. The Morgan fingerprint density at radius 3 is 2.43 bits per heavy atom. The predicted molar refractivity (Wildman–Crippen MR) is 82.9 cm³/mol. The lowest BCUT2D eigenvalue weighted by molar-refractivity contribution is 0.240. The summed E-state index contributed by atoms with van der Waals surface area (Å²) in [4.78, 5) is 0. The molecule has 2 aromatic rings. The lowest BCUT2D eigenvalue weighted by Crippen LogP contribution is -2.06. The van der Waals surface area contributed by atoms with Gasteiger partial charge in [-0.05, 0) is 29.8 Å². The monoisotopic (exact) mass is 287 g/mol. The van der Waals surface area contributed by atoms with Gasteiger partial charge in [-0.25, -0.2) is 0 Å². The molecule has 0 aromatic heterocycles. The zero-order valence-electron chi connectivity index (χ0n) is 12.2. The van der Waals surface area contributed by atoms with Crippen molar-refractivity contribution in [3.63, 3.8) is 0 Å². The van der Waals surface area contributed by atoms with Crippen molar-refractivity contribution >= 4 is 0 Å². The summed E-state index contributed by atoms with van der Waals surface area (Å²) in [5.41, 5.74) is 6.67. The molecule has 112 valence electrons. The Hall–Kier alpha value is -2.20.